The van der Waals surface area contributed by atoms with Gasteiger partial charge in [0.15, 0.2) is 0 Å². The molecule has 3 aromatic rings. The number of hydrogen-bond acceptors (Lipinski definition) is 6. The lowest BCUT2D eigenvalue weighted by molar-refractivity contribution is 0.218. The van der Waals surface area contributed by atoms with Gasteiger partial charge in [0.2, 0.25) is 5.89 Å². The number of nitrogens with zero attached hydrogens (tertiary/aromatic N) is 3. The third-order valence-electron chi connectivity index (χ3n) is 3.20. The molecule has 104 valence electrons. The van der Waals surface area contributed by atoms with Crippen molar-refractivity contribution in [2.75, 3.05) is 7.05 Å². The summed E-state index contributed by atoms with van der Waals surface area (Å²) in [6, 6.07) is 6.20. The molecule has 0 aliphatic carbocycles. The van der Waals surface area contributed by atoms with Crippen LogP contribution in [0.5, 0.6) is 0 Å². The van der Waals surface area contributed by atoms with Gasteiger partial charge < -0.3 is 4.42 Å². The average molecular weight is 305 g/mol. The van der Waals surface area contributed by atoms with Crippen LogP contribution in [0.4, 0.5) is 0 Å². The van der Waals surface area contributed by atoms with E-state index in [0.717, 1.165) is 11.4 Å². The molecule has 0 saturated carbocycles. The van der Waals surface area contributed by atoms with Gasteiger partial charge in [-0.05, 0) is 47.8 Å². The Kier molecular flexibility index (Phi) is 3.95. The number of hydrogen-bond donors (Lipinski definition) is 0. The van der Waals surface area contributed by atoms with Crippen LogP contribution < -0.4 is 0 Å². The van der Waals surface area contributed by atoms with Crippen molar-refractivity contribution in [3.63, 3.8) is 0 Å². The highest BCUT2D eigenvalue weighted by Gasteiger charge is 2.19. The zero-order valence-electron chi connectivity index (χ0n) is 11.3. The van der Waals surface area contributed by atoms with Crippen LogP contribution in [0.15, 0.2) is 38.8 Å². The van der Waals surface area contributed by atoms with Gasteiger partial charge in [0, 0.05) is 6.54 Å². The Labute approximate surface area is 125 Å². The second kappa shape index (κ2) is 5.87. The summed E-state index contributed by atoms with van der Waals surface area (Å²) in [5.41, 5.74) is 1.31. The van der Waals surface area contributed by atoms with Gasteiger partial charge >= 0.3 is 0 Å². The maximum absolute atomic E-state index is 5.78. The third kappa shape index (κ3) is 2.82. The van der Waals surface area contributed by atoms with Crippen LogP contribution in [0, 0.1) is 0 Å². The maximum atomic E-state index is 5.78. The van der Waals surface area contributed by atoms with Crippen LogP contribution in [-0.4, -0.2) is 22.1 Å². The molecular formula is C14H15N3OS2. The highest BCUT2D eigenvalue weighted by atomic mass is 32.1. The first kappa shape index (κ1) is 13.5. The molecular weight excluding hydrogens is 290 g/mol. The highest BCUT2D eigenvalue weighted by molar-refractivity contribution is 7.13. The molecule has 0 unspecified atom stereocenters. The summed E-state index contributed by atoms with van der Waals surface area (Å²) in [6.45, 7) is 2.96. The topological polar surface area (TPSA) is 42.2 Å². The Morgan fingerprint density at radius 1 is 1.30 bits per heavy atom. The summed E-state index contributed by atoms with van der Waals surface area (Å²) in [5, 5.41) is 14.6. The summed E-state index contributed by atoms with van der Waals surface area (Å²) in [5.74, 6) is 1.26. The molecule has 3 heterocycles. The van der Waals surface area contributed by atoms with Gasteiger partial charge in [-0.25, -0.2) is 0 Å². The second-order valence-corrected chi connectivity index (χ2v) is 6.37. The SMILES string of the molecule is C[C@H](c1nnc(-c2cccs2)o1)N(C)Cc1ccsc1. The fourth-order valence-corrected chi connectivity index (χ4v) is 3.20. The van der Waals surface area contributed by atoms with Gasteiger partial charge in [-0.15, -0.1) is 21.5 Å². The largest absolute Gasteiger partial charge is 0.418 e. The predicted octanol–water partition coefficient (Wildman–Crippen LogP) is 4.05. The van der Waals surface area contributed by atoms with E-state index in [1.165, 1.54) is 5.56 Å². The highest BCUT2D eigenvalue weighted by Crippen LogP contribution is 2.27. The van der Waals surface area contributed by atoms with Gasteiger partial charge in [-0.3, -0.25) is 4.90 Å². The summed E-state index contributed by atoms with van der Waals surface area (Å²) >= 11 is 3.32. The van der Waals surface area contributed by atoms with Crippen LogP contribution >= 0.6 is 22.7 Å². The van der Waals surface area contributed by atoms with Gasteiger partial charge in [-0.1, -0.05) is 6.07 Å². The molecule has 0 bridgehead atoms. The van der Waals surface area contributed by atoms with Crippen molar-refractivity contribution in [1.82, 2.24) is 15.1 Å². The summed E-state index contributed by atoms with van der Waals surface area (Å²) in [6.07, 6.45) is 0. The molecule has 0 amide bonds. The Balaban J connectivity index is 1.72. The van der Waals surface area contributed by atoms with E-state index in [0.29, 0.717) is 11.8 Å². The van der Waals surface area contributed by atoms with Gasteiger partial charge in [0.1, 0.15) is 0 Å². The minimum absolute atomic E-state index is 0.0936. The standard InChI is InChI=1S/C14H15N3OS2/c1-10(17(2)8-11-5-7-19-9-11)13-15-16-14(18-13)12-4-3-6-20-12/h3-7,9-10H,8H2,1-2H3/t10-/m1/s1. The van der Waals surface area contributed by atoms with Crippen molar-refractivity contribution in [1.29, 1.82) is 0 Å². The average Bonchev–Trinajstić information content (AvgIpc) is 3.18. The summed E-state index contributed by atoms with van der Waals surface area (Å²) in [7, 11) is 2.07. The zero-order valence-corrected chi connectivity index (χ0v) is 12.9. The molecule has 0 radical (unpaired) electrons. The molecule has 0 saturated heterocycles. The molecule has 0 N–H and O–H groups in total. The van der Waals surface area contributed by atoms with Crippen LogP contribution in [0.25, 0.3) is 10.8 Å². The molecule has 1 atom stereocenters. The van der Waals surface area contributed by atoms with Crippen LogP contribution in [0.2, 0.25) is 0 Å². The van der Waals surface area contributed by atoms with E-state index in [4.69, 9.17) is 4.42 Å². The normalized spacial score (nSPS) is 12.9. The van der Waals surface area contributed by atoms with Gasteiger partial charge in [0.25, 0.3) is 5.89 Å². The Morgan fingerprint density at radius 3 is 2.90 bits per heavy atom. The number of aromatic nitrogens is 2. The first-order valence-electron chi connectivity index (χ1n) is 6.32. The second-order valence-electron chi connectivity index (χ2n) is 4.65. The minimum atomic E-state index is 0.0936. The van der Waals surface area contributed by atoms with Crippen LogP contribution in [0.3, 0.4) is 0 Å². The van der Waals surface area contributed by atoms with Crippen LogP contribution in [0.1, 0.15) is 24.4 Å². The van der Waals surface area contributed by atoms with E-state index in [1.807, 2.05) is 17.5 Å². The molecule has 0 spiro atoms. The fraction of sp³-hybridized carbons (Fsp3) is 0.286. The van der Waals surface area contributed by atoms with Gasteiger partial charge in [-0.2, -0.15) is 11.3 Å². The first-order valence-corrected chi connectivity index (χ1v) is 8.15. The van der Waals surface area contributed by atoms with Crippen LogP contribution in [-0.2, 0) is 6.54 Å². The van der Waals surface area contributed by atoms with Crippen molar-refractivity contribution in [2.45, 2.75) is 19.5 Å². The minimum Gasteiger partial charge on any atom is -0.418 e. The lowest BCUT2D eigenvalue weighted by Gasteiger charge is -2.20. The molecule has 20 heavy (non-hydrogen) atoms. The molecule has 3 aromatic heterocycles. The predicted molar refractivity (Wildman–Crippen MR) is 81.8 cm³/mol. The number of thiophene rings is 2. The van der Waals surface area contributed by atoms with Crippen molar-refractivity contribution in [2.24, 2.45) is 0 Å². The fourth-order valence-electron chi connectivity index (χ4n) is 1.90. The Bertz CT molecular complexity index is 646. The van der Waals surface area contributed by atoms with Gasteiger partial charge in [0.05, 0.1) is 10.9 Å². The first-order chi connectivity index (χ1) is 9.74. The van der Waals surface area contributed by atoms with E-state index < -0.39 is 0 Å². The summed E-state index contributed by atoms with van der Waals surface area (Å²) < 4.78 is 5.78. The molecule has 4 nitrogen and oxygen atoms in total. The maximum Gasteiger partial charge on any atom is 0.257 e. The smallest absolute Gasteiger partial charge is 0.257 e. The van der Waals surface area contributed by atoms with Crippen molar-refractivity contribution < 1.29 is 4.42 Å². The Morgan fingerprint density at radius 2 is 2.20 bits per heavy atom. The van der Waals surface area contributed by atoms with E-state index in [2.05, 4.69) is 45.9 Å². The zero-order chi connectivity index (χ0) is 13.9. The van der Waals surface area contributed by atoms with Crippen molar-refractivity contribution >= 4 is 22.7 Å². The van der Waals surface area contributed by atoms with E-state index in [-0.39, 0.29) is 6.04 Å². The van der Waals surface area contributed by atoms with E-state index in [9.17, 15) is 0 Å². The molecule has 0 aliphatic heterocycles. The molecule has 6 heteroatoms. The monoisotopic (exact) mass is 305 g/mol. The molecule has 0 fully saturated rings. The molecule has 0 aliphatic rings. The van der Waals surface area contributed by atoms with Crippen molar-refractivity contribution in [3.05, 3.63) is 45.8 Å². The van der Waals surface area contributed by atoms with E-state index >= 15 is 0 Å². The quantitative estimate of drug-likeness (QED) is 0.713. The Hall–Kier alpha value is -1.50. The number of rotatable bonds is 5. The summed E-state index contributed by atoms with van der Waals surface area (Å²) in [4.78, 5) is 3.21. The third-order valence-corrected chi connectivity index (χ3v) is 4.79. The molecule has 3 rings (SSSR count). The van der Waals surface area contributed by atoms with Crippen molar-refractivity contribution in [3.8, 4) is 10.8 Å². The van der Waals surface area contributed by atoms with E-state index in [1.54, 1.807) is 22.7 Å². The molecule has 0 aromatic carbocycles. The lowest BCUT2D eigenvalue weighted by Crippen LogP contribution is -2.21. The lowest BCUT2D eigenvalue weighted by atomic mass is 10.2.